The van der Waals surface area contributed by atoms with E-state index in [0.717, 1.165) is 18.4 Å². The van der Waals surface area contributed by atoms with E-state index in [4.69, 9.17) is 0 Å². The molecule has 2 atom stereocenters. The molecule has 0 spiro atoms. The number of pyridine rings is 1. The molecule has 2 aliphatic heterocycles. The summed E-state index contributed by atoms with van der Waals surface area (Å²) in [6.45, 7) is -2.89. The molecule has 1 fully saturated rings. The van der Waals surface area contributed by atoms with E-state index in [-0.39, 0.29) is 23.9 Å². The monoisotopic (exact) mass is 363 g/mol. The summed E-state index contributed by atoms with van der Waals surface area (Å²) in [5.41, 5.74) is 1.88. The summed E-state index contributed by atoms with van der Waals surface area (Å²) in [7, 11) is 0. The highest BCUT2D eigenvalue weighted by Gasteiger charge is 2.43. The van der Waals surface area contributed by atoms with E-state index < -0.39 is 12.6 Å². The van der Waals surface area contributed by atoms with Crippen molar-refractivity contribution < 1.29 is 22.7 Å². The van der Waals surface area contributed by atoms with Crippen molar-refractivity contribution in [1.29, 1.82) is 0 Å². The Bertz CT molecular complexity index is 829. The van der Waals surface area contributed by atoms with Gasteiger partial charge < -0.3 is 15.0 Å². The third kappa shape index (κ3) is 2.95. The van der Waals surface area contributed by atoms with Crippen molar-refractivity contribution in [3.8, 4) is 5.75 Å². The van der Waals surface area contributed by atoms with Gasteiger partial charge in [0, 0.05) is 23.5 Å². The summed E-state index contributed by atoms with van der Waals surface area (Å²) in [6, 6.07) is 6.95. The number of ether oxygens (including phenoxy) is 1. The summed E-state index contributed by atoms with van der Waals surface area (Å²) < 4.78 is 42.6. The minimum atomic E-state index is -2.89. The lowest BCUT2D eigenvalue weighted by Gasteiger charge is -2.36. The maximum Gasteiger partial charge on any atom is 0.387 e. The molecule has 0 radical (unpaired) electrons. The Morgan fingerprint density at radius 2 is 2.00 bits per heavy atom. The van der Waals surface area contributed by atoms with Crippen LogP contribution >= 0.6 is 0 Å². The van der Waals surface area contributed by atoms with Crippen molar-refractivity contribution in [2.75, 3.05) is 5.32 Å². The van der Waals surface area contributed by atoms with Crippen LogP contribution < -0.4 is 10.1 Å². The van der Waals surface area contributed by atoms with Gasteiger partial charge in [-0.05, 0) is 55.2 Å². The summed E-state index contributed by atoms with van der Waals surface area (Å²) >= 11 is 0. The first-order chi connectivity index (χ1) is 12.5. The Balaban J connectivity index is 1.51. The van der Waals surface area contributed by atoms with Crippen LogP contribution in [-0.2, 0) is 6.42 Å². The van der Waals surface area contributed by atoms with Gasteiger partial charge in [-0.2, -0.15) is 13.2 Å². The minimum absolute atomic E-state index is 0.0212. The lowest BCUT2D eigenvalue weighted by Crippen LogP contribution is -2.44. The zero-order valence-corrected chi connectivity index (χ0v) is 13.7. The molecular weight excluding hydrogens is 347 g/mol. The maximum absolute atomic E-state index is 14.0. The number of fused-ring (bicyclic) bond motifs is 4. The first-order valence-electron chi connectivity index (χ1n) is 8.30. The van der Waals surface area contributed by atoms with Gasteiger partial charge in [0.05, 0.1) is 6.04 Å². The van der Waals surface area contributed by atoms with Crippen LogP contribution in [0.4, 0.5) is 23.7 Å². The van der Waals surface area contributed by atoms with Gasteiger partial charge in [-0.1, -0.05) is 0 Å². The number of carbonyl (C=O) groups excluding carboxylic acids is 1. The van der Waals surface area contributed by atoms with Gasteiger partial charge in [-0.3, -0.25) is 0 Å². The van der Waals surface area contributed by atoms with Crippen LogP contribution in [0, 0.1) is 5.95 Å². The zero-order chi connectivity index (χ0) is 18.3. The number of benzene rings is 1. The van der Waals surface area contributed by atoms with Crippen LogP contribution in [0.2, 0.25) is 0 Å². The number of hydrogen-bond donors (Lipinski definition) is 1. The molecule has 1 aromatic carbocycles. The number of nitrogens with one attached hydrogen (secondary N) is 1. The Morgan fingerprint density at radius 3 is 2.73 bits per heavy atom. The largest absolute Gasteiger partial charge is 0.435 e. The Labute approximate surface area is 147 Å². The van der Waals surface area contributed by atoms with E-state index in [9.17, 15) is 18.0 Å². The molecule has 1 aromatic heterocycles. The summed E-state index contributed by atoms with van der Waals surface area (Å²) in [5.74, 6) is -0.443. The standard InChI is InChI=1S/C18H16F3N3O2/c19-16-14-9-11-3-6-15(13(14)7-8-22-16)24(11)18(25)23-10-1-4-12(5-2-10)26-17(20)21/h1-2,4-5,7-8,11,15,17H,3,6,9H2,(H,23,25). The van der Waals surface area contributed by atoms with Crippen molar-refractivity contribution in [2.24, 2.45) is 0 Å². The molecule has 2 aromatic rings. The number of halogens is 3. The number of urea groups is 1. The van der Waals surface area contributed by atoms with Gasteiger partial charge in [-0.15, -0.1) is 0 Å². The summed E-state index contributed by atoms with van der Waals surface area (Å²) in [5, 5.41) is 2.77. The fraction of sp³-hybridized carbons (Fsp3) is 0.333. The van der Waals surface area contributed by atoms with Crippen molar-refractivity contribution in [3.05, 3.63) is 53.6 Å². The SMILES string of the molecule is O=C(Nc1ccc(OC(F)F)cc1)N1C2CCC1c1ccnc(F)c1C2. The molecule has 5 nitrogen and oxygen atoms in total. The molecule has 2 bridgehead atoms. The third-order valence-corrected chi connectivity index (χ3v) is 4.91. The van der Waals surface area contributed by atoms with Crippen LogP contribution in [0.3, 0.4) is 0 Å². The molecule has 4 rings (SSSR count). The van der Waals surface area contributed by atoms with Gasteiger partial charge in [0.15, 0.2) is 0 Å². The number of rotatable bonds is 3. The third-order valence-electron chi connectivity index (χ3n) is 4.91. The molecule has 8 heteroatoms. The van der Waals surface area contributed by atoms with Gasteiger partial charge in [0.25, 0.3) is 0 Å². The average Bonchev–Trinajstić information content (AvgIpc) is 2.92. The predicted molar refractivity (Wildman–Crippen MR) is 87.6 cm³/mol. The molecular formula is C18H16F3N3O2. The molecule has 1 saturated heterocycles. The van der Waals surface area contributed by atoms with E-state index >= 15 is 0 Å². The number of nitrogens with zero attached hydrogens (tertiary/aromatic N) is 2. The first-order valence-corrected chi connectivity index (χ1v) is 8.30. The number of alkyl halides is 2. The van der Waals surface area contributed by atoms with Crippen LogP contribution in [0.5, 0.6) is 5.75 Å². The van der Waals surface area contributed by atoms with Crippen LogP contribution in [-0.4, -0.2) is 28.6 Å². The highest BCUT2D eigenvalue weighted by Crippen LogP contribution is 2.44. The van der Waals surface area contributed by atoms with E-state index in [1.807, 2.05) is 0 Å². The highest BCUT2D eigenvalue weighted by molar-refractivity contribution is 5.90. The van der Waals surface area contributed by atoms with Crippen LogP contribution in [0.15, 0.2) is 36.5 Å². The lowest BCUT2D eigenvalue weighted by atomic mass is 9.95. The molecule has 136 valence electrons. The smallest absolute Gasteiger partial charge is 0.387 e. The van der Waals surface area contributed by atoms with Gasteiger partial charge >= 0.3 is 12.6 Å². The van der Waals surface area contributed by atoms with E-state index in [1.165, 1.54) is 30.5 Å². The number of carbonyl (C=O) groups is 1. The number of aromatic nitrogens is 1. The molecule has 26 heavy (non-hydrogen) atoms. The van der Waals surface area contributed by atoms with E-state index in [2.05, 4.69) is 15.0 Å². The quantitative estimate of drug-likeness (QED) is 0.835. The topological polar surface area (TPSA) is 54.5 Å². The number of anilines is 1. The number of hydrogen-bond acceptors (Lipinski definition) is 3. The van der Waals surface area contributed by atoms with Crippen molar-refractivity contribution >= 4 is 11.7 Å². The van der Waals surface area contributed by atoms with Crippen LogP contribution in [0.1, 0.15) is 30.0 Å². The molecule has 2 unspecified atom stereocenters. The molecule has 0 saturated carbocycles. The normalized spacial score (nSPS) is 20.8. The molecule has 1 N–H and O–H groups in total. The second-order valence-electron chi connectivity index (χ2n) is 6.36. The maximum atomic E-state index is 14.0. The van der Waals surface area contributed by atoms with Gasteiger partial charge in [0.1, 0.15) is 5.75 Å². The average molecular weight is 363 g/mol. The molecule has 0 aliphatic carbocycles. The van der Waals surface area contributed by atoms with Crippen LogP contribution in [0.25, 0.3) is 0 Å². The predicted octanol–water partition coefficient (Wildman–Crippen LogP) is 4.12. The van der Waals surface area contributed by atoms with E-state index in [1.54, 1.807) is 11.0 Å². The summed E-state index contributed by atoms with van der Waals surface area (Å²) in [6.07, 6.45) is 3.44. The Kier molecular flexibility index (Phi) is 4.18. The lowest BCUT2D eigenvalue weighted by molar-refractivity contribution is -0.0498. The van der Waals surface area contributed by atoms with Crippen molar-refractivity contribution in [2.45, 2.75) is 38.0 Å². The fourth-order valence-electron chi connectivity index (χ4n) is 3.83. The first kappa shape index (κ1) is 16.7. The highest BCUT2D eigenvalue weighted by atomic mass is 19.3. The minimum Gasteiger partial charge on any atom is -0.435 e. The molecule has 2 amide bonds. The van der Waals surface area contributed by atoms with Crippen molar-refractivity contribution in [3.63, 3.8) is 0 Å². The number of amides is 2. The second kappa shape index (κ2) is 6.51. The molecule has 2 aliphatic rings. The Hall–Kier alpha value is -2.77. The summed E-state index contributed by atoms with van der Waals surface area (Å²) in [4.78, 5) is 18.2. The van der Waals surface area contributed by atoms with Gasteiger partial charge in [-0.25, -0.2) is 9.78 Å². The van der Waals surface area contributed by atoms with Gasteiger partial charge in [0.2, 0.25) is 5.95 Å². The zero-order valence-electron chi connectivity index (χ0n) is 13.7. The van der Waals surface area contributed by atoms with E-state index in [0.29, 0.717) is 17.7 Å². The Morgan fingerprint density at radius 1 is 1.23 bits per heavy atom. The fourth-order valence-corrected chi connectivity index (χ4v) is 3.83. The second-order valence-corrected chi connectivity index (χ2v) is 6.36. The van der Waals surface area contributed by atoms with Crippen molar-refractivity contribution in [1.82, 2.24) is 9.88 Å². The molecule has 3 heterocycles.